The number of hydrogen-bond donors (Lipinski definition) is 2. The molecule has 0 saturated heterocycles. The molecule has 0 bridgehead atoms. The van der Waals surface area contributed by atoms with E-state index in [2.05, 4.69) is 22.2 Å². The van der Waals surface area contributed by atoms with Crippen molar-refractivity contribution < 1.29 is 4.21 Å². The first-order valence-corrected chi connectivity index (χ1v) is 7.82. The van der Waals surface area contributed by atoms with Gasteiger partial charge in [0.2, 0.25) is 0 Å². The summed E-state index contributed by atoms with van der Waals surface area (Å²) in [4.78, 5) is 6.94. The zero-order chi connectivity index (χ0) is 13.5. The Morgan fingerprint density at radius 3 is 2.95 bits per heavy atom. The Balaban J connectivity index is 2.05. The lowest BCUT2D eigenvalue weighted by molar-refractivity contribution is 0.677. The van der Waals surface area contributed by atoms with Crippen molar-refractivity contribution in [3.8, 4) is 0 Å². The number of aromatic amines is 1. The van der Waals surface area contributed by atoms with Gasteiger partial charge in [0.05, 0.1) is 16.6 Å². The Morgan fingerprint density at radius 2 is 2.21 bits per heavy atom. The third-order valence-electron chi connectivity index (χ3n) is 2.84. The molecule has 4 nitrogen and oxygen atoms in total. The zero-order valence-corrected chi connectivity index (χ0v) is 11.9. The van der Waals surface area contributed by atoms with E-state index in [9.17, 15) is 4.21 Å². The molecule has 1 aromatic heterocycles. The molecule has 0 aliphatic carbocycles. The minimum Gasteiger partial charge on any atom is -0.385 e. The van der Waals surface area contributed by atoms with E-state index < -0.39 is 10.8 Å². The molecule has 1 aromatic carbocycles. The number of unbranched alkanes of at least 4 members (excludes halogenated alkanes) is 1. The number of benzene rings is 1. The molecule has 0 aliphatic heterocycles. The van der Waals surface area contributed by atoms with E-state index in [1.807, 2.05) is 24.3 Å². The van der Waals surface area contributed by atoms with Crippen LogP contribution >= 0.6 is 0 Å². The molecule has 102 valence electrons. The lowest BCUT2D eigenvalue weighted by atomic mass is 10.2. The molecule has 1 unspecified atom stereocenters. The average Bonchev–Trinajstić information content (AvgIpc) is 2.95. The maximum atomic E-state index is 12.1. The van der Waals surface area contributed by atoms with Crippen LogP contribution in [0.5, 0.6) is 0 Å². The summed E-state index contributed by atoms with van der Waals surface area (Å²) >= 11 is 0. The Morgan fingerprint density at radius 1 is 1.37 bits per heavy atom. The van der Waals surface area contributed by atoms with Gasteiger partial charge in [-0.2, -0.15) is 0 Å². The molecule has 2 N–H and O–H groups in total. The monoisotopic (exact) mass is 277 g/mol. The van der Waals surface area contributed by atoms with E-state index in [0.29, 0.717) is 10.9 Å². The molecular weight excluding hydrogens is 258 g/mol. The molecule has 1 heterocycles. The van der Waals surface area contributed by atoms with Crippen LogP contribution in [-0.2, 0) is 16.6 Å². The number of rotatable bonds is 7. The third kappa shape index (κ3) is 3.92. The zero-order valence-electron chi connectivity index (χ0n) is 11.1. The summed E-state index contributed by atoms with van der Waals surface area (Å²) in [5.74, 6) is 0.475. The number of anilines is 1. The van der Waals surface area contributed by atoms with Crippen molar-refractivity contribution in [1.29, 1.82) is 0 Å². The number of nitrogens with zero attached hydrogens (tertiary/aromatic N) is 1. The van der Waals surface area contributed by atoms with Gasteiger partial charge in [0.15, 0.2) is 5.16 Å². The normalized spacial score (nSPS) is 12.3. The van der Waals surface area contributed by atoms with Crippen LogP contribution in [-0.4, -0.2) is 20.7 Å². The summed E-state index contributed by atoms with van der Waals surface area (Å²) in [5.41, 5.74) is 2.13. The molecule has 1 atom stereocenters. The second-order valence-corrected chi connectivity index (χ2v) is 5.69. The number of hydrogen-bond acceptors (Lipinski definition) is 3. The van der Waals surface area contributed by atoms with Crippen LogP contribution in [0.2, 0.25) is 0 Å². The second-order valence-electron chi connectivity index (χ2n) is 4.32. The molecule has 0 fully saturated rings. The SMILES string of the molecule is CCCCNc1ccccc1CS(=O)c1ncc[nH]1. The number of aromatic nitrogens is 2. The van der Waals surface area contributed by atoms with E-state index in [4.69, 9.17) is 0 Å². The Kier molecular flexibility index (Phi) is 5.15. The Bertz CT molecular complexity index is 525. The van der Waals surface area contributed by atoms with Gasteiger partial charge in [0.1, 0.15) is 0 Å². The van der Waals surface area contributed by atoms with Crippen LogP contribution in [0.3, 0.4) is 0 Å². The van der Waals surface area contributed by atoms with Gasteiger partial charge in [0, 0.05) is 24.6 Å². The minimum atomic E-state index is -1.13. The van der Waals surface area contributed by atoms with Gasteiger partial charge in [-0.3, -0.25) is 4.21 Å². The minimum absolute atomic E-state index is 0.475. The van der Waals surface area contributed by atoms with E-state index in [-0.39, 0.29) is 0 Å². The molecule has 0 amide bonds. The Labute approximate surface area is 116 Å². The molecule has 0 saturated carbocycles. The Hall–Kier alpha value is -1.62. The van der Waals surface area contributed by atoms with Crippen LogP contribution in [0, 0.1) is 0 Å². The molecular formula is C14H19N3OS. The van der Waals surface area contributed by atoms with Gasteiger partial charge in [-0.05, 0) is 18.1 Å². The van der Waals surface area contributed by atoms with Crippen LogP contribution < -0.4 is 5.32 Å². The van der Waals surface area contributed by atoms with Crippen LogP contribution in [0.15, 0.2) is 41.8 Å². The fourth-order valence-electron chi connectivity index (χ4n) is 1.80. The highest BCUT2D eigenvalue weighted by Gasteiger charge is 2.10. The summed E-state index contributed by atoms with van der Waals surface area (Å²) in [6, 6.07) is 8.01. The lowest BCUT2D eigenvalue weighted by Crippen LogP contribution is -2.06. The van der Waals surface area contributed by atoms with Crippen molar-refractivity contribution >= 4 is 16.5 Å². The maximum absolute atomic E-state index is 12.1. The predicted octanol–water partition coefficient (Wildman–Crippen LogP) is 2.93. The second kappa shape index (κ2) is 7.09. The van der Waals surface area contributed by atoms with Crippen LogP contribution in [0.4, 0.5) is 5.69 Å². The summed E-state index contributed by atoms with van der Waals surface area (Å²) < 4.78 is 12.1. The van der Waals surface area contributed by atoms with E-state index >= 15 is 0 Å². The summed E-state index contributed by atoms with van der Waals surface area (Å²) in [5, 5.41) is 3.93. The molecule has 0 aliphatic rings. The van der Waals surface area contributed by atoms with E-state index in [1.54, 1.807) is 12.4 Å². The number of nitrogens with one attached hydrogen (secondary N) is 2. The van der Waals surface area contributed by atoms with Gasteiger partial charge in [-0.25, -0.2) is 4.98 Å². The number of para-hydroxylation sites is 1. The first-order chi connectivity index (χ1) is 9.31. The quantitative estimate of drug-likeness (QED) is 0.765. The summed E-state index contributed by atoms with van der Waals surface area (Å²) in [6.45, 7) is 3.11. The smallest absolute Gasteiger partial charge is 0.196 e. The van der Waals surface area contributed by atoms with Crippen molar-refractivity contribution in [3.63, 3.8) is 0 Å². The molecule has 0 spiro atoms. The van der Waals surface area contributed by atoms with Crippen molar-refractivity contribution in [1.82, 2.24) is 9.97 Å². The van der Waals surface area contributed by atoms with Crippen molar-refractivity contribution in [2.24, 2.45) is 0 Å². The summed E-state index contributed by atoms with van der Waals surface area (Å²) in [6.07, 6.45) is 5.61. The van der Waals surface area contributed by atoms with Crippen molar-refractivity contribution in [2.45, 2.75) is 30.7 Å². The predicted molar refractivity (Wildman–Crippen MR) is 78.5 cm³/mol. The van der Waals surface area contributed by atoms with Crippen LogP contribution in [0.25, 0.3) is 0 Å². The standard InChI is InChI=1S/C14H19N3OS/c1-2-3-8-15-13-7-5-4-6-12(13)11-19(18)14-16-9-10-17-14/h4-7,9-10,15H,2-3,8,11H2,1H3,(H,16,17). The molecule has 19 heavy (non-hydrogen) atoms. The van der Waals surface area contributed by atoms with E-state index in [0.717, 1.165) is 30.6 Å². The van der Waals surface area contributed by atoms with E-state index in [1.165, 1.54) is 0 Å². The topological polar surface area (TPSA) is 57.8 Å². The maximum Gasteiger partial charge on any atom is 0.196 e. The van der Waals surface area contributed by atoms with Gasteiger partial charge in [0.25, 0.3) is 0 Å². The first kappa shape index (κ1) is 13.8. The molecule has 0 radical (unpaired) electrons. The highest BCUT2D eigenvalue weighted by atomic mass is 32.2. The highest BCUT2D eigenvalue weighted by molar-refractivity contribution is 7.84. The van der Waals surface area contributed by atoms with Gasteiger partial charge >= 0.3 is 0 Å². The third-order valence-corrected chi connectivity index (χ3v) is 4.07. The van der Waals surface area contributed by atoms with Gasteiger partial charge in [-0.1, -0.05) is 31.5 Å². The van der Waals surface area contributed by atoms with Gasteiger partial charge < -0.3 is 10.3 Å². The molecule has 5 heteroatoms. The molecule has 2 aromatic rings. The van der Waals surface area contributed by atoms with Crippen LogP contribution in [0.1, 0.15) is 25.3 Å². The number of H-pyrrole nitrogens is 1. The molecule has 2 rings (SSSR count). The highest BCUT2D eigenvalue weighted by Crippen LogP contribution is 2.18. The average molecular weight is 277 g/mol. The fraction of sp³-hybridized carbons (Fsp3) is 0.357. The lowest BCUT2D eigenvalue weighted by Gasteiger charge is -2.11. The first-order valence-electron chi connectivity index (χ1n) is 6.50. The largest absolute Gasteiger partial charge is 0.385 e. The van der Waals surface area contributed by atoms with Crippen molar-refractivity contribution in [2.75, 3.05) is 11.9 Å². The van der Waals surface area contributed by atoms with Gasteiger partial charge in [-0.15, -0.1) is 0 Å². The fourth-order valence-corrected chi connectivity index (χ4v) is 2.85. The van der Waals surface area contributed by atoms with Crippen molar-refractivity contribution in [3.05, 3.63) is 42.2 Å². The number of imidazole rings is 1. The summed E-state index contributed by atoms with van der Waals surface area (Å²) in [7, 11) is -1.13.